The molecule has 0 atom stereocenters. The van der Waals surface area contributed by atoms with Crippen molar-refractivity contribution in [2.75, 3.05) is 0 Å². The first kappa shape index (κ1) is 34.3. The summed E-state index contributed by atoms with van der Waals surface area (Å²) in [6, 6.07) is 38.6. The van der Waals surface area contributed by atoms with Crippen molar-refractivity contribution >= 4 is 46.4 Å². The Balaban J connectivity index is 0.00000406. The summed E-state index contributed by atoms with van der Waals surface area (Å²) in [4.78, 5) is 20.9. The maximum absolute atomic E-state index is 5.33. The summed E-state index contributed by atoms with van der Waals surface area (Å²) in [6.45, 7) is 13.4. The van der Waals surface area contributed by atoms with Crippen molar-refractivity contribution in [3.63, 3.8) is 0 Å². The Morgan fingerprint density at radius 1 is 0.431 bits per heavy atom. The summed E-state index contributed by atoms with van der Waals surface area (Å²) < 4.78 is 0. The van der Waals surface area contributed by atoms with Crippen LogP contribution in [0.25, 0.3) is 79.8 Å². The fourth-order valence-corrected chi connectivity index (χ4v) is 6.79. The first-order valence-corrected chi connectivity index (χ1v) is 17.3. The average Bonchev–Trinajstić information content (AvgIpc) is 3.92. The second-order valence-corrected chi connectivity index (χ2v) is 15.2. The number of hydrogen-bond acceptors (Lipinski definition) is 2. The molecule has 2 aliphatic rings. The fraction of sp³-hybridized carbons (Fsp3) is 0.174. The van der Waals surface area contributed by atoms with Crippen LogP contribution in [0.4, 0.5) is 0 Å². The summed E-state index contributed by atoms with van der Waals surface area (Å²) in [5.41, 5.74) is 15.8. The van der Waals surface area contributed by atoms with E-state index in [9.17, 15) is 0 Å². The third-order valence-electron chi connectivity index (χ3n) is 9.58. The fourth-order valence-electron chi connectivity index (χ4n) is 6.79. The van der Waals surface area contributed by atoms with Crippen molar-refractivity contribution in [1.82, 2.24) is 19.9 Å². The first-order valence-electron chi connectivity index (χ1n) is 17.3. The Labute approximate surface area is 313 Å². The Bertz CT molecular complexity index is 2410. The maximum atomic E-state index is 5.33. The van der Waals surface area contributed by atoms with Gasteiger partial charge in [0.15, 0.2) is 0 Å². The van der Waals surface area contributed by atoms with Gasteiger partial charge < -0.3 is 9.97 Å². The van der Waals surface area contributed by atoms with Crippen LogP contribution < -0.4 is 9.97 Å². The number of fused-ring (bicyclic) bond motifs is 8. The van der Waals surface area contributed by atoms with Crippen molar-refractivity contribution in [1.29, 1.82) is 0 Å². The van der Waals surface area contributed by atoms with E-state index in [0.29, 0.717) is 0 Å². The van der Waals surface area contributed by atoms with Crippen molar-refractivity contribution < 1.29 is 19.5 Å². The van der Waals surface area contributed by atoms with Gasteiger partial charge in [-0.25, -0.2) is 9.97 Å². The molecule has 0 unspecified atom stereocenters. The van der Waals surface area contributed by atoms with E-state index in [2.05, 4.69) is 169 Å². The molecule has 8 rings (SSSR count). The summed E-state index contributed by atoms with van der Waals surface area (Å²) >= 11 is 0. The molecule has 2 aliphatic heterocycles. The third-order valence-corrected chi connectivity index (χ3v) is 9.58. The molecule has 51 heavy (non-hydrogen) atoms. The van der Waals surface area contributed by atoms with E-state index in [1.54, 1.807) is 0 Å². The molecule has 0 radical (unpaired) electrons. The molecule has 3 aromatic carbocycles. The van der Waals surface area contributed by atoms with Gasteiger partial charge in [-0.15, -0.1) is 22.1 Å². The smallest absolute Gasteiger partial charge is 0.657 e. The predicted molar refractivity (Wildman–Crippen MR) is 211 cm³/mol. The second kappa shape index (κ2) is 13.2. The van der Waals surface area contributed by atoms with Gasteiger partial charge in [0.25, 0.3) is 0 Å². The molecule has 8 bridgehead atoms. The molecular weight excluding hydrogens is 674 g/mol. The molecule has 0 aliphatic carbocycles. The van der Waals surface area contributed by atoms with E-state index in [1.165, 1.54) is 11.1 Å². The zero-order valence-electron chi connectivity index (χ0n) is 30.2. The Morgan fingerprint density at radius 2 is 0.863 bits per heavy atom. The van der Waals surface area contributed by atoms with Gasteiger partial charge in [-0.05, 0) is 79.6 Å². The third kappa shape index (κ3) is 6.71. The molecular formula is C46H40N4Zn. The van der Waals surface area contributed by atoms with E-state index in [4.69, 9.17) is 19.9 Å². The minimum absolute atomic E-state index is 0. The number of hydrogen-bond donors (Lipinski definition) is 0. The summed E-state index contributed by atoms with van der Waals surface area (Å²) in [5, 5.41) is 0. The monoisotopic (exact) mass is 712 g/mol. The molecule has 3 aromatic heterocycles. The van der Waals surface area contributed by atoms with Gasteiger partial charge in [0.05, 0.1) is 22.8 Å². The molecule has 0 spiro atoms. The van der Waals surface area contributed by atoms with Crippen molar-refractivity contribution in [2.45, 2.75) is 52.4 Å². The van der Waals surface area contributed by atoms with Crippen LogP contribution in [0.3, 0.4) is 0 Å². The molecule has 5 heterocycles. The van der Waals surface area contributed by atoms with Crippen LogP contribution in [0.5, 0.6) is 0 Å². The van der Waals surface area contributed by atoms with Crippen LogP contribution in [0.1, 0.15) is 75.4 Å². The quantitative estimate of drug-likeness (QED) is 0.171. The zero-order valence-corrected chi connectivity index (χ0v) is 33.2. The van der Waals surface area contributed by atoms with Crippen LogP contribution in [-0.4, -0.2) is 9.97 Å². The predicted octanol–water partition coefficient (Wildman–Crippen LogP) is 11.5. The van der Waals surface area contributed by atoms with Crippen LogP contribution in [0.15, 0.2) is 109 Å². The van der Waals surface area contributed by atoms with Crippen LogP contribution in [0, 0.1) is 0 Å². The molecule has 0 amide bonds. The van der Waals surface area contributed by atoms with Crippen LogP contribution >= 0.6 is 0 Å². The SMILES string of the molecule is CC(C)(C)c1ccc(-c2c3nc(c(-c4ccccc4)c4ccc([n-]4)c(-c4ccc(C(C)(C)C)cc4)c4nc(cc5ccc2[n-]5)C=C4)C=C3)cc1.[Zn+2]. The van der Waals surface area contributed by atoms with E-state index >= 15 is 0 Å². The number of nitrogens with zero attached hydrogens (tertiary/aromatic N) is 4. The van der Waals surface area contributed by atoms with Gasteiger partial charge in [0, 0.05) is 0 Å². The molecule has 0 N–H and O–H groups in total. The van der Waals surface area contributed by atoms with E-state index < -0.39 is 0 Å². The molecule has 246 valence electrons. The van der Waals surface area contributed by atoms with Gasteiger partial charge >= 0.3 is 19.5 Å². The Hall–Kier alpha value is -5.12. The van der Waals surface area contributed by atoms with Crippen molar-refractivity contribution in [3.05, 3.63) is 143 Å². The first-order chi connectivity index (χ1) is 24.0. The molecule has 5 heteroatoms. The number of benzene rings is 3. The Morgan fingerprint density at radius 3 is 1.37 bits per heavy atom. The molecule has 4 nitrogen and oxygen atoms in total. The normalized spacial score (nSPS) is 12.6. The summed E-state index contributed by atoms with van der Waals surface area (Å²) in [6.07, 6.45) is 8.39. The number of aromatic nitrogens is 4. The van der Waals surface area contributed by atoms with Crippen molar-refractivity contribution in [3.8, 4) is 33.4 Å². The van der Waals surface area contributed by atoms with Gasteiger partial charge in [-0.3, -0.25) is 0 Å². The molecule has 0 fully saturated rings. The zero-order chi connectivity index (χ0) is 34.6. The molecule has 6 aromatic rings. The molecule has 0 saturated carbocycles. The second-order valence-electron chi connectivity index (χ2n) is 15.2. The Kier molecular flexibility index (Phi) is 8.90. The summed E-state index contributed by atoms with van der Waals surface area (Å²) in [5.74, 6) is 0. The van der Waals surface area contributed by atoms with E-state index in [1.807, 2.05) is 6.07 Å². The largest absolute Gasteiger partial charge is 2.00 e. The van der Waals surface area contributed by atoms with Gasteiger partial charge in [-0.1, -0.05) is 151 Å². The van der Waals surface area contributed by atoms with Crippen LogP contribution in [-0.2, 0) is 30.3 Å². The topological polar surface area (TPSA) is 54.0 Å². The van der Waals surface area contributed by atoms with Gasteiger partial charge in [-0.2, -0.15) is 0 Å². The van der Waals surface area contributed by atoms with Crippen molar-refractivity contribution in [2.24, 2.45) is 0 Å². The minimum Gasteiger partial charge on any atom is -0.657 e. The summed E-state index contributed by atoms with van der Waals surface area (Å²) in [7, 11) is 0. The van der Waals surface area contributed by atoms with Crippen LogP contribution in [0.2, 0.25) is 0 Å². The van der Waals surface area contributed by atoms with E-state index in [-0.39, 0.29) is 30.3 Å². The van der Waals surface area contributed by atoms with Gasteiger partial charge in [0.1, 0.15) is 0 Å². The average molecular weight is 714 g/mol. The number of rotatable bonds is 3. The van der Waals surface area contributed by atoms with Gasteiger partial charge in [0.2, 0.25) is 0 Å². The standard InChI is InChI=1S/C46H40N4.Zn/c1-45(2,3)32-16-12-30(13-17-32)43-36-22-20-34(47-36)28-35-21-23-37(48-35)44(31-14-18-33(19-15-31)46(4,5)6)41-27-25-39(50-41)42(29-10-8-7-9-11-29)38-24-26-40(43)49-38;/h7-28H,1-6H3;/q-2;+2. The maximum Gasteiger partial charge on any atom is 2.00 e. The van der Waals surface area contributed by atoms with E-state index in [0.717, 1.165) is 78.2 Å². The minimum atomic E-state index is 0. The molecule has 0 saturated heterocycles.